The number of carbonyl (C=O) groups excluding carboxylic acids is 1. The van der Waals surface area contributed by atoms with Crippen molar-refractivity contribution < 1.29 is 19.8 Å². The third-order valence-corrected chi connectivity index (χ3v) is 2.40. The molecule has 0 aliphatic heterocycles. The lowest BCUT2D eigenvalue weighted by Crippen LogP contribution is -2.48. The molecule has 0 aliphatic rings. The van der Waals surface area contributed by atoms with E-state index in [9.17, 15) is 9.59 Å². The van der Waals surface area contributed by atoms with Crippen LogP contribution in [0.4, 0.5) is 0 Å². The fourth-order valence-corrected chi connectivity index (χ4v) is 1.37. The molecular weight excluding hydrogens is 236 g/mol. The van der Waals surface area contributed by atoms with Crippen LogP contribution in [0.2, 0.25) is 0 Å². The zero-order valence-electron chi connectivity index (χ0n) is 9.96. The first-order chi connectivity index (χ1) is 8.40. The lowest BCUT2D eigenvalue weighted by molar-refractivity contribution is -0.141. The van der Waals surface area contributed by atoms with Crippen molar-refractivity contribution in [3.63, 3.8) is 0 Å². The number of phenols is 1. The Hall–Kier alpha value is -2.08. The summed E-state index contributed by atoms with van der Waals surface area (Å²) < 4.78 is 0. The van der Waals surface area contributed by atoms with E-state index >= 15 is 0 Å². The standard InChI is InChI=1S/C12H16N2O4/c1-7(13)11(16)14-10(12(17)18)6-8-2-4-9(15)5-3-8/h2-5,7,10,15H,6,13H2,1H3,(H,14,16)(H,17,18)/t7?,10-/m0/s1. The third-order valence-electron chi connectivity index (χ3n) is 2.40. The molecule has 0 aromatic heterocycles. The molecule has 0 spiro atoms. The number of aromatic hydroxyl groups is 1. The molecule has 1 amide bonds. The summed E-state index contributed by atoms with van der Waals surface area (Å²) in [6, 6.07) is 4.33. The van der Waals surface area contributed by atoms with Gasteiger partial charge in [0.2, 0.25) is 5.91 Å². The third kappa shape index (κ3) is 4.06. The highest BCUT2D eigenvalue weighted by Crippen LogP contribution is 2.11. The Bertz CT molecular complexity index is 428. The average Bonchev–Trinajstić information content (AvgIpc) is 2.30. The predicted molar refractivity (Wildman–Crippen MR) is 65.0 cm³/mol. The molecule has 0 saturated heterocycles. The molecule has 98 valence electrons. The van der Waals surface area contributed by atoms with Gasteiger partial charge in [-0.05, 0) is 24.6 Å². The number of phenolic OH excluding ortho intramolecular Hbond substituents is 1. The summed E-state index contributed by atoms with van der Waals surface area (Å²) in [5.74, 6) is -1.54. The predicted octanol–water partition coefficient (Wildman–Crippen LogP) is -0.149. The van der Waals surface area contributed by atoms with Crippen LogP contribution < -0.4 is 11.1 Å². The summed E-state index contributed by atoms with van der Waals surface area (Å²) in [5.41, 5.74) is 6.06. The monoisotopic (exact) mass is 252 g/mol. The molecule has 0 heterocycles. The van der Waals surface area contributed by atoms with Crippen molar-refractivity contribution in [2.24, 2.45) is 5.73 Å². The second kappa shape index (κ2) is 6.02. The Balaban J connectivity index is 2.72. The van der Waals surface area contributed by atoms with Gasteiger partial charge < -0.3 is 21.3 Å². The summed E-state index contributed by atoms with van der Waals surface area (Å²) >= 11 is 0. The number of rotatable bonds is 5. The summed E-state index contributed by atoms with van der Waals surface area (Å²) in [5, 5.41) is 20.5. The molecule has 1 rings (SSSR count). The number of carbonyl (C=O) groups is 2. The first-order valence-electron chi connectivity index (χ1n) is 5.47. The molecule has 0 fully saturated rings. The molecule has 6 nitrogen and oxygen atoms in total. The molecule has 6 heteroatoms. The molecule has 0 saturated carbocycles. The Kier molecular flexibility index (Phi) is 4.67. The maximum absolute atomic E-state index is 11.4. The lowest BCUT2D eigenvalue weighted by Gasteiger charge is -2.16. The maximum Gasteiger partial charge on any atom is 0.326 e. The lowest BCUT2D eigenvalue weighted by atomic mass is 10.1. The fraction of sp³-hybridized carbons (Fsp3) is 0.333. The van der Waals surface area contributed by atoms with E-state index in [0.717, 1.165) is 0 Å². The highest BCUT2D eigenvalue weighted by atomic mass is 16.4. The van der Waals surface area contributed by atoms with Gasteiger partial charge in [-0.15, -0.1) is 0 Å². The van der Waals surface area contributed by atoms with Gasteiger partial charge in [0.05, 0.1) is 6.04 Å². The van der Waals surface area contributed by atoms with Crippen LogP contribution >= 0.6 is 0 Å². The number of hydrogen-bond acceptors (Lipinski definition) is 4. The van der Waals surface area contributed by atoms with Crippen molar-refractivity contribution in [3.05, 3.63) is 29.8 Å². The van der Waals surface area contributed by atoms with Crippen LogP contribution in [0.15, 0.2) is 24.3 Å². The Morgan fingerprint density at radius 1 is 1.33 bits per heavy atom. The van der Waals surface area contributed by atoms with Crippen molar-refractivity contribution >= 4 is 11.9 Å². The minimum atomic E-state index is -1.13. The van der Waals surface area contributed by atoms with Gasteiger partial charge in [-0.25, -0.2) is 4.79 Å². The summed E-state index contributed by atoms with van der Waals surface area (Å²) in [6.45, 7) is 1.48. The van der Waals surface area contributed by atoms with Gasteiger partial charge in [0.25, 0.3) is 0 Å². The van der Waals surface area contributed by atoms with E-state index in [-0.39, 0.29) is 12.2 Å². The van der Waals surface area contributed by atoms with E-state index in [2.05, 4.69) is 5.32 Å². The molecule has 5 N–H and O–H groups in total. The minimum Gasteiger partial charge on any atom is -0.508 e. The Morgan fingerprint density at radius 3 is 2.33 bits per heavy atom. The van der Waals surface area contributed by atoms with Crippen molar-refractivity contribution in [3.8, 4) is 5.75 Å². The zero-order valence-corrected chi connectivity index (χ0v) is 9.96. The first-order valence-corrected chi connectivity index (χ1v) is 5.47. The second-order valence-corrected chi connectivity index (χ2v) is 4.06. The number of nitrogens with one attached hydrogen (secondary N) is 1. The van der Waals surface area contributed by atoms with Gasteiger partial charge >= 0.3 is 5.97 Å². The van der Waals surface area contributed by atoms with Crippen LogP contribution in [0, 0.1) is 0 Å². The van der Waals surface area contributed by atoms with E-state index in [1.807, 2.05) is 0 Å². The van der Waals surface area contributed by atoms with Gasteiger partial charge in [0, 0.05) is 6.42 Å². The maximum atomic E-state index is 11.4. The minimum absolute atomic E-state index is 0.102. The van der Waals surface area contributed by atoms with Gasteiger partial charge in [-0.3, -0.25) is 4.79 Å². The van der Waals surface area contributed by atoms with Crippen molar-refractivity contribution in [2.45, 2.75) is 25.4 Å². The van der Waals surface area contributed by atoms with Crippen LogP contribution in [0.5, 0.6) is 5.75 Å². The number of hydrogen-bond donors (Lipinski definition) is 4. The van der Waals surface area contributed by atoms with Gasteiger partial charge in [0.15, 0.2) is 0 Å². The molecule has 18 heavy (non-hydrogen) atoms. The largest absolute Gasteiger partial charge is 0.508 e. The molecule has 0 aliphatic carbocycles. The topological polar surface area (TPSA) is 113 Å². The molecule has 0 bridgehead atoms. The number of amides is 1. The SMILES string of the molecule is CC(N)C(=O)N[C@@H](Cc1ccc(O)cc1)C(=O)O. The number of nitrogens with two attached hydrogens (primary N) is 1. The van der Waals surface area contributed by atoms with Gasteiger partial charge in [0.1, 0.15) is 11.8 Å². The Labute approximate surface area is 104 Å². The molecule has 0 radical (unpaired) electrons. The number of carboxylic acids is 1. The van der Waals surface area contributed by atoms with Crippen molar-refractivity contribution in [2.75, 3.05) is 0 Å². The fourth-order valence-electron chi connectivity index (χ4n) is 1.37. The van der Waals surface area contributed by atoms with Crippen LogP contribution in [-0.2, 0) is 16.0 Å². The molecule has 2 atom stereocenters. The van der Waals surface area contributed by atoms with Crippen molar-refractivity contribution in [1.29, 1.82) is 0 Å². The highest BCUT2D eigenvalue weighted by Gasteiger charge is 2.21. The first kappa shape index (κ1) is 14.0. The highest BCUT2D eigenvalue weighted by molar-refractivity contribution is 5.86. The number of carboxylic acid groups (broad SMARTS) is 1. The average molecular weight is 252 g/mol. The van der Waals surface area contributed by atoms with E-state index in [0.29, 0.717) is 5.56 Å². The summed E-state index contributed by atoms with van der Waals surface area (Å²) in [4.78, 5) is 22.4. The molecular formula is C12H16N2O4. The van der Waals surface area contributed by atoms with Crippen LogP contribution in [0.1, 0.15) is 12.5 Å². The van der Waals surface area contributed by atoms with Crippen molar-refractivity contribution in [1.82, 2.24) is 5.32 Å². The quantitative estimate of drug-likeness (QED) is 0.582. The van der Waals surface area contributed by atoms with Crippen LogP contribution in [-0.4, -0.2) is 34.2 Å². The number of benzene rings is 1. The normalized spacial score (nSPS) is 13.7. The smallest absolute Gasteiger partial charge is 0.326 e. The van der Waals surface area contributed by atoms with Crippen LogP contribution in [0.3, 0.4) is 0 Å². The Morgan fingerprint density at radius 2 is 1.89 bits per heavy atom. The second-order valence-electron chi connectivity index (χ2n) is 4.06. The van der Waals surface area contributed by atoms with E-state index in [1.54, 1.807) is 12.1 Å². The van der Waals surface area contributed by atoms with E-state index < -0.39 is 24.0 Å². The van der Waals surface area contributed by atoms with Crippen LogP contribution in [0.25, 0.3) is 0 Å². The summed E-state index contributed by atoms with van der Waals surface area (Å²) in [7, 11) is 0. The molecule has 1 aromatic rings. The summed E-state index contributed by atoms with van der Waals surface area (Å²) in [6.07, 6.45) is 0.133. The van der Waals surface area contributed by atoms with Gasteiger partial charge in [-0.1, -0.05) is 12.1 Å². The van der Waals surface area contributed by atoms with Gasteiger partial charge in [-0.2, -0.15) is 0 Å². The van der Waals surface area contributed by atoms with E-state index in [1.165, 1.54) is 19.1 Å². The molecule has 1 aromatic carbocycles. The molecule has 1 unspecified atom stereocenters. The zero-order chi connectivity index (χ0) is 13.7. The number of aliphatic carboxylic acids is 1. The van der Waals surface area contributed by atoms with E-state index in [4.69, 9.17) is 15.9 Å².